The highest BCUT2D eigenvalue weighted by Crippen LogP contribution is 2.25. The van der Waals surface area contributed by atoms with Gasteiger partial charge in [-0.3, -0.25) is 19.6 Å². The minimum absolute atomic E-state index is 0.0389. The Kier molecular flexibility index (Phi) is 8.90. The largest absolute Gasteiger partial charge is 0.506 e. The van der Waals surface area contributed by atoms with Crippen LogP contribution in [0.2, 0.25) is 0 Å². The second kappa shape index (κ2) is 11.4. The number of nitrogens with one attached hydrogen (secondary N) is 1. The van der Waals surface area contributed by atoms with Crippen molar-refractivity contribution in [1.29, 1.82) is 0 Å². The number of carbonyl (C=O) groups is 2. The van der Waals surface area contributed by atoms with Crippen molar-refractivity contribution in [3.63, 3.8) is 0 Å². The molecule has 2 rings (SSSR count). The molecule has 0 radical (unpaired) electrons. The number of hydrogen-bond acceptors (Lipinski definition) is 7. The summed E-state index contributed by atoms with van der Waals surface area (Å²) in [5, 5.41) is 22.2. The third-order valence-electron chi connectivity index (χ3n) is 4.21. The van der Waals surface area contributed by atoms with Gasteiger partial charge in [0.15, 0.2) is 5.12 Å². The molecule has 0 saturated heterocycles. The van der Waals surface area contributed by atoms with Gasteiger partial charge < -0.3 is 15.5 Å². The molecule has 0 aromatic carbocycles. The topological polar surface area (TPSA) is 112 Å². The maximum atomic E-state index is 11.9. The number of aliphatic hydroxyl groups excluding tert-OH is 1. The molecule has 2 aromatic heterocycles. The third kappa shape index (κ3) is 6.61. The zero-order valence-electron chi connectivity index (χ0n) is 15.9. The molecule has 7 nitrogen and oxygen atoms in total. The van der Waals surface area contributed by atoms with Crippen LogP contribution in [-0.4, -0.2) is 43.5 Å². The van der Waals surface area contributed by atoms with Crippen molar-refractivity contribution in [2.24, 2.45) is 0 Å². The van der Waals surface area contributed by atoms with E-state index in [1.807, 2.05) is 0 Å². The Labute approximate surface area is 168 Å². The summed E-state index contributed by atoms with van der Waals surface area (Å²) in [6.07, 6.45) is 7.13. The zero-order valence-corrected chi connectivity index (χ0v) is 16.7. The summed E-state index contributed by atoms with van der Waals surface area (Å²) >= 11 is 1.26. The maximum Gasteiger partial charge on any atom is 0.252 e. The molecule has 0 spiro atoms. The minimum Gasteiger partial charge on any atom is -0.506 e. The lowest BCUT2D eigenvalue weighted by atomic mass is 10.0. The molecule has 2 aromatic rings. The summed E-state index contributed by atoms with van der Waals surface area (Å²) in [6, 6.07) is 3.39. The van der Waals surface area contributed by atoms with Gasteiger partial charge in [-0.05, 0) is 43.9 Å². The van der Waals surface area contributed by atoms with Crippen molar-refractivity contribution in [2.45, 2.75) is 39.2 Å². The highest BCUT2D eigenvalue weighted by Gasteiger charge is 2.11. The molecule has 3 N–H and O–H groups in total. The number of aromatic hydroxyl groups is 1. The number of rotatable bonds is 10. The van der Waals surface area contributed by atoms with Crippen LogP contribution in [-0.2, 0) is 17.8 Å². The summed E-state index contributed by atoms with van der Waals surface area (Å²) in [6.45, 7) is 1.89. The number of aliphatic hydroxyl groups is 1. The van der Waals surface area contributed by atoms with E-state index in [9.17, 15) is 19.8 Å². The summed E-state index contributed by atoms with van der Waals surface area (Å²) in [7, 11) is 0. The van der Waals surface area contributed by atoms with Crippen LogP contribution < -0.4 is 5.32 Å². The molecule has 0 aliphatic carbocycles. The van der Waals surface area contributed by atoms with Crippen molar-refractivity contribution < 1.29 is 19.8 Å². The van der Waals surface area contributed by atoms with Crippen LogP contribution in [0.4, 0.5) is 0 Å². The fourth-order valence-electron chi connectivity index (χ4n) is 2.63. The number of carbonyl (C=O) groups excluding carboxylic acids is 2. The Morgan fingerprint density at radius 1 is 1.25 bits per heavy atom. The molecular formula is C20H25N3O4S. The molecule has 0 aliphatic heterocycles. The van der Waals surface area contributed by atoms with Gasteiger partial charge in [-0.25, -0.2) is 0 Å². The summed E-state index contributed by atoms with van der Waals surface area (Å²) in [5.74, 6) is 0.500. The lowest BCUT2D eigenvalue weighted by Crippen LogP contribution is -2.24. The summed E-state index contributed by atoms with van der Waals surface area (Å²) in [5.41, 5.74) is 2.31. The maximum absolute atomic E-state index is 11.9. The van der Waals surface area contributed by atoms with E-state index in [0.717, 1.165) is 12.0 Å². The SMILES string of the molecule is Cc1ncc(CCCSC(=O)CCCNC(=O)c2cccnc2)c(CO)c1O. The van der Waals surface area contributed by atoms with Crippen LogP contribution in [0, 0.1) is 6.92 Å². The number of pyridine rings is 2. The molecule has 0 saturated carbocycles. The van der Waals surface area contributed by atoms with Crippen molar-refractivity contribution in [1.82, 2.24) is 15.3 Å². The minimum atomic E-state index is -0.235. The molecule has 0 fully saturated rings. The lowest BCUT2D eigenvalue weighted by Gasteiger charge is -2.10. The summed E-state index contributed by atoms with van der Waals surface area (Å²) in [4.78, 5) is 31.8. The van der Waals surface area contributed by atoms with Crippen LogP contribution in [0.1, 0.15) is 46.4 Å². The summed E-state index contributed by atoms with van der Waals surface area (Å²) < 4.78 is 0. The first-order valence-electron chi connectivity index (χ1n) is 9.14. The van der Waals surface area contributed by atoms with Crippen LogP contribution >= 0.6 is 11.8 Å². The van der Waals surface area contributed by atoms with Crippen molar-refractivity contribution in [3.8, 4) is 5.75 Å². The molecule has 0 unspecified atom stereocenters. The Balaban J connectivity index is 1.62. The molecule has 2 heterocycles. The van der Waals surface area contributed by atoms with E-state index in [2.05, 4.69) is 15.3 Å². The molecule has 8 heteroatoms. The van der Waals surface area contributed by atoms with Gasteiger partial charge in [0.25, 0.3) is 5.91 Å². The number of amides is 1. The van der Waals surface area contributed by atoms with E-state index in [-0.39, 0.29) is 23.4 Å². The van der Waals surface area contributed by atoms with Gasteiger partial charge in [0.2, 0.25) is 0 Å². The first kappa shape index (κ1) is 21.8. The van der Waals surface area contributed by atoms with Gasteiger partial charge in [0.1, 0.15) is 5.75 Å². The van der Waals surface area contributed by atoms with E-state index in [0.29, 0.717) is 48.4 Å². The van der Waals surface area contributed by atoms with E-state index in [4.69, 9.17) is 0 Å². The van der Waals surface area contributed by atoms with Gasteiger partial charge in [0.05, 0.1) is 17.9 Å². The van der Waals surface area contributed by atoms with Crippen LogP contribution in [0.15, 0.2) is 30.7 Å². The highest BCUT2D eigenvalue weighted by molar-refractivity contribution is 8.13. The molecule has 150 valence electrons. The number of aryl methyl sites for hydroxylation is 2. The standard InChI is InChI=1S/C20H25N3O4S/c1-14-19(26)17(13-24)15(12-23-14)6-4-10-28-18(25)7-3-9-22-20(27)16-5-2-8-21-11-16/h2,5,8,11-12,24,26H,3-4,6-7,9-10,13H2,1H3,(H,22,27). The quantitative estimate of drug-likeness (QED) is 0.522. The van der Waals surface area contributed by atoms with Crippen molar-refractivity contribution >= 4 is 22.8 Å². The van der Waals surface area contributed by atoms with E-state index < -0.39 is 0 Å². The van der Waals surface area contributed by atoms with Crippen molar-refractivity contribution in [3.05, 3.63) is 53.1 Å². The number of aromatic nitrogens is 2. The monoisotopic (exact) mass is 403 g/mol. The van der Waals surface area contributed by atoms with Gasteiger partial charge in [-0.1, -0.05) is 11.8 Å². The van der Waals surface area contributed by atoms with E-state index in [1.165, 1.54) is 18.0 Å². The second-order valence-electron chi connectivity index (χ2n) is 6.28. The molecule has 0 bridgehead atoms. The normalized spacial score (nSPS) is 10.6. The molecule has 1 amide bonds. The Morgan fingerprint density at radius 2 is 2.07 bits per heavy atom. The molecular weight excluding hydrogens is 378 g/mol. The predicted octanol–water partition coefficient (Wildman–Crippen LogP) is 2.39. The van der Waals surface area contributed by atoms with Gasteiger partial charge in [-0.15, -0.1) is 0 Å². The average Bonchev–Trinajstić information content (AvgIpc) is 2.71. The Morgan fingerprint density at radius 3 is 2.79 bits per heavy atom. The Hall–Kier alpha value is -2.45. The number of nitrogens with zero attached hydrogens (tertiary/aromatic N) is 2. The first-order chi connectivity index (χ1) is 13.5. The highest BCUT2D eigenvalue weighted by atomic mass is 32.2. The van der Waals surface area contributed by atoms with Crippen LogP contribution in [0.3, 0.4) is 0 Å². The predicted molar refractivity (Wildman–Crippen MR) is 108 cm³/mol. The second-order valence-corrected chi connectivity index (χ2v) is 7.43. The molecule has 28 heavy (non-hydrogen) atoms. The fourth-order valence-corrected chi connectivity index (χ4v) is 3.44. The average molecular weight is 404 g/mol. The number of thioether (sulfide) groups is 1. The van der Waals surface area contributed by atoms with E-state index >= 15 is 0 Å². The van der Waals surface area contributed by atoms with Gasteiger partial charge in [-0.2, -0.15) is 0 Å². The fraction of sp³-hybridized carbons (Fsp3) is 0.400. The third-order valence-corrected chi connectivity index (χ3v) is 5.23. The molecule has 0 aliphatic rings. The smallest absolute Gasteiger partial charge is 0.252 e. The van der Waals surface area contributed by atoms with E-state index in [1.54, 1.807) is 31.5 Å². The number of hydrogen-bond donors (Lipinski definition) is 3. The van der Waals surface area contributed by atoms with Crippen LogP contribution in [0.5, 0.6) is 5.75 Å². The van der Waals surface area contributed by atoms with Gasteiger partial charge >= 0.3 is 0 Å². The first-order valence-corrected chi connectivity index (χ1v) is 10.1. The Bertz CT molecular complexity index is 800. The van der Waals surface area contributed by atoms with Crippen LogP contribution in [0.25, 0.3) is 0 Å². The molecule has 0 atom stereocenters. The lowest BCUT2D eigenvalue weighted by molar-refractivity contribution is -0.111. The van der Waals surface area contributed by atoms with Crippen molar-refractivity contribution in [2.75, 3.05) is 12.3 Å². The van der Waals surface area contributed by atoms with Gasteiger partial charge in [0, 0.05) is 42.9 Å². The zero-order chi connectivity index (χ0) is 20.4.